The summed E-state index contributed by atoms with van der Waals surface area (Å²) in [6, 6.07) is -0.156. The minimum atomic E-state index is -0.399. The van der Waals surface area contributed by atoms with Gasteiger partial charge < -0.3 is 5.73 Å². The third-order valence-electron chi connectivity index (χ3n) is 1.36. The fraction of sp³-hybridized carbons (Fsp3) is 0.714. The van der Waals surface area contributed by atoms with E-state index in [1.807, 2.05) is 6.92 Å². The number of nitrogens with two attached hydrogens (primary N) is 1. The first kappa shape index (κ1) is 9.30. The van der Waals surface area contributed by atoms with E-state index in [1.165, 1.54) is 6.92 Å². The first-order valence-electron chi connectivity index (χ1n) is 3.37. The molecule has 0 fully saturated rings. The molecule has 2 N–H and O–H groups in total. The molecule has 1 unspecified atom stereocenters. The second kappa shape index (κ2) is 4.17. The van der Waals surface area contributed by atoms with Crippen molar-refractivity contribution in [2.75, 3.05) is 0 Å². The smallest absolute Gasteiger partial charge is 0.199 e. The Kier molecular flexibility index (Phi) is 3.88. The van der Waals surface area contributed by atoms with Crippen LogP contribution in [0.1, 0.15) is 26.7 Å². The summed E-state index contributed by atoms with van der Waals surface area (Å²) in [4.78, 5) is 21.1. The maximum atomic E-state index is 10.7. The zero-order valence-corrected chi connectivity index (χ0v) is 6.39. The first-order chi connectivity index (χ1) is 4.57. The van der Waals surface area contributed by atoms with E-state index >= 15 is 0 Å². The van der Waals surface area contributed by atoms with Crippen LogP contribution in [0.2, 0.25) is 0 Å². The molecule has 0 radical (unpaired) electrons. The molecule has 0 aliphatic heterocycles. The molecule has 0 aromatic carbocycles. The molecule has 0 bridgehead atoms. The summed E-state index contributed by atoms with van der Waals surface area (Å²) >= 11 is 0. The highest BCUT2D eigenvalue weighted by molar-refractivity contribution is 6.36. The highest BCUT2D eigenvalue weighted by Gasteiger charge is 2.11. The van der Waals surface area contributed by atoms with Crippen LogP contribution in [-0.4, -0.2) is 17.6 Å². The number of rotatable bonds is 4. The lowest BCUT2D eigenvalue weighted by Gasteiger charge is -2.03. The summed E-state index contributed by atoms with van der Waals surface area (Å²) in [5, 5.41) is 0. The maximum absolute atomic E-state index is 10.7. The Morgan fingerprint density at radius 3 is 2.30 bits per heavy atom. The van der Waals surface area contributed by atoms with Gasteiger partial charge in [0.25, 0.3) is 0 Å². The molecule has 0 spiro atoms. The van der Waals surface area contributed by atoms with Gasteiger partial charge in [0, 0.05) is 19.4 Å². The minimum Gasteiger partial charge on any atom is -0.327 e. The van der Waals surface area contributed by atoms with Gasteiger partial charge in [-0.2, -0.15) is 0 Å². The van der Waals surface area contributed by atoms with Gasteiger partial charge in [-0.3, -0.25) is 9.59 Å². The molecule has 0 saturated carbocycles. The fourth-order valence-corrected chi connectivity index (χ4v) is 0.526. The number of hydrogen-bond donors (Lipinski definition) is 1. The number of ketones is 2. The van der Waals surface area contributed by atoms with E-state index in [0.29, 0.717) is 0 Å². The van der Waals surface area contributed by atoms with Crippen molar-refractivity contribution in [3.63, 3.8) is 0 Å². The van der Waals surface area contributed by atoms with E-state index in [2.05, 4.69) is 0 Å². The summed E-state index contributed by atoms with van der Waals surface area (Å²) < 4.78 is 0. The Morgan fingerprint density at radius 1 is 1.50 bits per heavy atom. The van der Waals surface area contributed by atoms with E-state index in [4.69, 9.17) is 5.73 Å². The van der Waals surface area contributed by atoms with Gasteiger partial charge >= 0.3 is 0 Å². The van der Waals surface area contributed by atoms with Crippen LogP contribution in [0.25, 0.3) is 0 Å². The summed E-state index contributed by atoms with van der Waals surface area (Å²) in [7, 11) is 0. The van der Waals surface area contributed by atoms with Crippen LogP contribution in [0.4, 0.5) is 0 Å². The van der Waals surface area contributed by atoms with Crippen LogP contribution in [0.15, 0.2) is 0 Å². The second-order valence-corrected chi connectivity index (χ2v) is 2.35. The molecule has 3 nitrogen and oxygen atoms in total. The Labute approximate surface area is 60.6 Å². The lowest BCUT2D eigenvalue weighted by atomic mass is 10.1. The van der Waals surface area contributed by atoms with Crippen molar-refractivity contribution in [3.05, 3.63) is 0 Å². The van der Waals surface area contributed by atoms with Crippen LogP contribution in [0.5, 0.6) is 0 Å². The largest absolute Gasteiger partial charge is 0.327 e. The third kappa shape index (κ3) is 3.35. The molecule has 0 aliphatic rings. The van der Waals surface area contributed by atoms with Crippen LogP contribution in [0, 0.1) is 0 Å². The number of hydrogen-bond acceptors (Lipinski definition) is 3. The Bertz CT molecular complexity index is 143. The SMILES string of the molecule is CCC(N)CC(=O)C(C)=O. The van der Waals surface area contributed by atoms with Crippen molar-refractivity contribution >= 4 is 11.6 Å². The Morgan fingerprint density at radius 2 is 2.00 bits per heavy atom. The van der Waals surface area contributed by atoms with Crippen molar-refractivity contribution in [1.82, 2.24) is 0 Å². The topological polar surface area (TPSA) is 60.2 Å². The van der Waals surface area contributed by atoms with Crippen LogP contribution >= 0.6 is 0 Å². The van der Waals surface area contributed by atoms with Gasteiger partial charge in [0.2, 0.25) is 0 Å². The molecule has 1 atom stereocenters. The van der Waals surface area contributed by atoms with Gasteiger partial charge in [0.15, 0.2) is 11.6 Å². The molecule has 0 aliphatic carbocycles. The summed E-state index contributed by atoms with van der Waals surface area (Å²) in [6.45, 7) is 3.16. The van der Waals surface area contributed by atoms with Gasteiger partial charge in [0.1, 0.15) is 0 Å². The van der Waals surface area contributed by atoms with Gasteiger partial charge in [-0.15, -0.1) is 0 Å². The van der Waals surface area contributed by atoms with Crippen molar-refractivity contribution < 1.29 is 9.59 Å². The van der Waals surface area contributed by atoms with E-state index in [-0.39, 0.29) is 18.2 Å². The average molecular weight is 143 g/mol. The predicted molar refractivity (Wildman–Crippen MR) is 38.6 cm³/mol. The zero-order valence-electron chi connectivity index (χ0n) is 6.39. The van der Waals surface area contributed by atoms with Crippen LogP contribution < -0.4 is 5.73 Å². The monoisotopic (exact) mass is 143 g/mol. The molecular formula is C7H13NO2. The molecule has 58 valence electrons. The maximum Gasteiger partial charge on any atom is 0.199 e. The van der Waals surface area contributed by atoms with E-state index in [9.17, 15) is 9.59 Å². The van der Waals surface area contributed by atoms with Crippen molar-refractivity contribution in [3.8, 4) is 0 Å². The van der Waals surface area contributed by atoms with Gasteiger partial charge in [0.05, 0.1) is 0 Å². The normalized spacial score (nSPS) is 12.7. The van der Waals surface area contributed by atoms with Crippen molar-refractivity contribution in [2.45, 2.75) is 32.7 Å². The lowest BCUT2D eigenvalue weighted by molar-refractivity contribution is -0.135. The molecule has 0 heterocycles. The highest BCUT2D eigenvalue weighted by Crippen LogP contribution is 1.94. The van der Waals surface area contributed by atoms with E-state index < -0.39 is 5.78 Å². The molecular weight excluding hydrogens is 130 g/mol. The van der Waals surface area contributed by atoms with Crippen LogP contribution in [0.3, 0.4) is 0 Å². The Balaban J connectivity index is 3.68. The quantitative estimate of drug-likeness (QED) is 0.575. The Hall–Kier alpha value is -0.700. The molecule has 0 aromatic heterocycles. The number of Topliss-reactive ketones (excluding diaryl/α,β-unsaturated/α-hetero) is 2. The third-order valence-corrected chi connectivity index (χ3v) is 1.36. The fourth-order valence-electron chi connectivity index (χ4n) is 0.526. The average Bonchev–Trinajstić information content (AvgIpc) is 1.87. The van der Waals surface area contributed by atoms with Crippen LogP contribution in [-0.2, 0) is 9.59 Å². The van der Waals surface area contributed by atoms with E-state index in [0.717, 1.165) is 6.42 Å². The van der Waals surface area contributed by atoms with Gasteiger partial charge in [-0.25, -0.2) is 0 Å². The standard InChI is InChI=1S/C7H13NO2/c1-3-6(8)4-7(10)5(2)9/h6H,3-4,8H2,1-2H3. The highest BCUT2D eigenvalue weighted by atomic mass is 16.2. The second-order valence-electron chi connectivity index (χ2n) is 2.35. The zero-order chi connectivity index (χ0) is 8.15. The minimum absolute atomic E-state index is 0.156. The molecule has 3 heteroatoms. The predicted octanol–water partition coefficient (Wildman–Crippen LogP) is 0.272. The summed E-state index contributed by atoms with van der Waals surface area (Å²) in [6.07, 6.45) is 0.921. The molecule has 0 saturated heterocycles. The first-order valence-corrected chi connectivity index (χ1v) is 3.37. The molecule has 10 heavy (non-hydrogen) atoms. The number of carbonyl (C=O) groups is 2. The lowest BCUT2D eigenvalue weighted by Crippen LogP contribution is -2.25. The number of carbonyl (C=O) groups excluding carboxylic acids is 2. The summed E-state index contributed by atoms with van der Waals surface area (Å²) in [5.74, 6) is -0.766. The molecule has 0 rings (SSSR count). The van der Waals surface area contributed by atoms with Gasteiger partial charge in [-0.05, 0) is 6.42 Å². The van der Waals surface area contributed by atoms with Crippen molar-refractivity contribution in [1.29, 1.82) is 0 Å². The van der Waals surface area contributed by atoms with E-state index in [1.54, 1.807) is 0 Å². The molecule has 0 aromatic rings. The van der Waals surface area contributed by atoms with Gasteiger partial charge in [-0.1, -0.05) is 6.92 Å². The summed E-state index contributed by atoms with van der Waals surface area (Å²) in [5.41, 5.74) is 5.44. The van der Waals surface area contributed by atoms with Crippen molar-refractivity contribution in [2.24, 2.45) is 5.73 Å². The molecule has 0 amide bonds.